The van der Waals surface area contributed by atoms with Crippen LogP contribution in [0.25, 0.3) is 10.2 Å². The van der Waals surface area contributed by atoms with Crippen molar-refractivity contribution in [3.8, 4) is 0 Å². The highest BCUT2D eigenvalue weighted by atomic mass is 32.1. The van der Waals surface area contributed by atoms with Crippen molar-refractivity contribution in [1.82, 2.24) is 9.97 Å². The van der Waals surface area contributed by atoms with Crippen molar-refractivity contribution < 1.29 is 0 Å². The lowest BCUT2D eigenvalue weighted by molar-refractivity contribution is 0.602. The Balaban J connectivity index is 2.56. The normalized spacial score (nSPS) is 15.6. The van der Waals surface area contributed by atoms with Gasteiger partial charge < -0.3 is 5.73 Å². The predicted octanol–water partition coefficient (Wildman–Crippen LogP) is 2.14. The summed E-state index contributed by atoms with van der Waals surface area (Å²) in [5, 5.41) is 3.18. The number of nitrogens with zero attached hydrogens (tertiary/aromatic N) is 2. The molecular weight excluding hydrogens is 194 g/mol. The highest BCUT2D eigenvalue weighted by molar-refractivity contribution is 7.16. The standard InChI is InChI=1S/C10H13N3S/c1-6(7(2)11)9-8-3-4-14-10(8)13-5-12-9/h3-7H,11H2,1-2H3. The highest BCUT2D eigenvalue weighted by Gasteiger charge is 2.15. The van der Waals surface area contributed by atoms with Crippen molar-refractivity contribution in [3.63, 3.8) is 0 Å². The van der Waals surface area contributed by atoms with Crippen molar-refractivity contribution in [3.05, 3.63) is 23.5 Å². The van der Waals surface area contributed by atoms with E-state index in [1.54, 1.807) is 17.7 Å². The first-order valence-electron chi connectivity index (χ1n) is 4.64. The molecule has 0 aliphatic carbocycles. The SMILES string of the molecule is CC(N)C(C)c1ncnc2sccc12. The van der Waals surface area contributed by atoms with E-state index < -0.39 is 0 Å². The zero-order valence-electron chi connectivity index (χ0n) is 8.27. The van der Waals surface area contributed by atoms with E-state index in [0.717, 1.165) is 15.9 Å². The van der Waals surface area contributed by atoms with Crippen LogP contribution < -0.4 is 5.73 Å². The maximum Gasteiger partial charge on any atom is 0.126 e. The third-order valence-electron chi connectivity index (χ3n) is 2.51. The van der Waals surface area contributed by atoms with E-state index in [-0.39, 0.29) is 12.0 Å². The van der Waals surface area contributed by atoms with Gasteiger partial charge in [-0.25, -0.2) is 9.97 Å². The molecule has 0 aromatic carbocycles. The van der Waals surface area contributed by atoms with Crippen molar-refractivity contribution in [1.29, 1.82) is 0 Å². The average molecular weight is 207 g/mol. The number of thiophene rings is 1. The summed E-state index contributed by atoms with van der Waals surface area (Å²) in [6.07, 6.45) is 1.62. The van der Waals surface area contributed by atoms with Gasteiger partial charge in [0.1, 0.15) is 11.2 Å². The fraction of sp³-hybridized carbons (Fsp3) is 0.400. The molecule has 0 saturated carbocycles. The second-order valence-electron chi connectivity index (χ2n) is 3.55. The molecule has 2 N–H and O–H groups in total. The van der Waals surface area contributed by atoms with Gasteiger partial charge in [0.15, 0.2) is 0 Å². The molecule has 0 saturated heterocycles. The molecule has 0 aliphatic heterocycles. The number of nitrogens with two attached hydrogens (primary N) is 1. The van der Waals surface area contributed by atoms with Gasteiger partial charge in [0, 0.05) is 17.3 Å². The van der Waals surface area contributed by atoms with Gasteiger partial charge in [-0.05, 0) is 18.4 Å². The fourth-order valence-corrected chi connectivity index (χ4v) is 2.16. The van der Waals surface area contributed by atoms with Gasteiger partial charge in [-0.3, -0.25) is 0 Å². The first kappa shape index (κ1) is 9.55. The van der Waals surface area contributed by atoms with E-state index in [4.69, 9.17) is 5.73 Å². The van der Waals surface area contributed by atoms with Gasteiger partial charge >= 0.3 is 0 Å². The molecule has 2 aromatic rings. The van der Waals surface area contributed by atoms with E-state index in [1.807, 2.05) is 12.3 Å². The fourth-order valence-electron chi connectivity index (χ4n) is 1.42. The second-order valence-corrected chi connectivity index (χ2v) is 4.44. The largest absolute Gasteiger partial charge is 0.327 e. The Hall–Kier alpha value is -1.00. The van der Waals surface area contributed by atoms with Crippen LogP contribution in [0, 0.1) is 0 Å². The lowest BCUT2D eigenvalue weighted by Crippen LogP contribution is -2.23. The van der Waals surface area contributed by atoms with Crippen LogP contribution in [0.4, 0.5) is 0 Å². The first-order valence-corrected chi connectivity index (χ1v) is 5.52. The van der Waals surface area contributed by atoms with E-state index in [0.29, 0.717) is 0 Å². The second kappa shape index (κ2) is 3.63. The van der Waals surface area contributed by atoms with E-state index in [9.17, 15) is 0 Å². The van der Waals surface area contributed by atoms with Crippen LogP contribution in [0.3, 0.4) is 0 Å². The monoisotopic (exact) mass is 207 g/mol. The minimum absolute atomic E-state index is 0.119. The zero-order valence-corrected chi connectivity index (χ0v) is 9.08. The van der Waals surface area contributed by atoms with E-state index >= 15 is 0 Å². The Morgan fingerprint density at radius 3 is 2.86 bits per heavy atom. The van der Waals surface area contributed by atoms with Crippen LogP contribution in [0.15, 0.2) is 17.8 Å². The van der Waals surface area contributed by atoms with Gasteiger partial charge in [0.05, 0.1) is 5.69 Å². The molecule has 4 heteroatoms. The van der Waals surface area contributed by atoms with Crippen molar-refractivity contribution in [2.45, 2.75) is 25.8 Å². The third-order valence-corrected chi connectivity index (χ3v) is 3.33. The number of hydrogen-bond donors (Lipinski definition) is 1. The summed E-state index contributed by atoms with van der Waals surface area (Å²) in [5.41, 5.74) is 6.93. The quantitative estimate of drug-likeness (QED) is 0.820. The van der Waals surface area contributed by atoms with Crippen LogP contribution in [-0.2, 0) is 0 Å². The number of rotatable bonds is 2. The molecule has 2 unspecified atom stereocenters. The highest BCUT2D eigenvalue weighted by Crippen LogP contribution is 2.26. The molecule has 2 aromatic heterocycles. The molecule has 0 amide bonds. The first-order chi connectivity index (χ1) is 6.70. The summed E-state index contributed by atoms with van der Waals surface area (Å²) in [6.45, 7) is 4.11. The Morgan fingerprint density at radius 2 is 2.14 bits per heavy atom. The minimum atomic E-state index is 0.119. The topological polar surface area (TPSA) is 51.8 Å². The number of aromatic nitrogens is 2. The molecule has 2 heterocycles. The zero-order chi connectivity index (χ0) is 10.1. The van der Waals surface area contributed by atoms with Gasteiger partial charge in [-0.2, -0.15) is 0 Å². The maximum absolute atomic E-state index is 5.87. The van der Waals surface area contributed by atoms with Crippen molar-refractivity contribution in [2.75, 3.05) is 0 Å². The molecule has 0 aliphatic rings. The number of hydrogen-bond acceptors (Lipinski definition) is 4. The molecule has 2 atom stereocenters. The lowest BCUT2D eigenvalue weighted by atomic mass is 9.98. The Bertz CT molecular complexity index is 436. The van der Waals surface area contributed by atoms with Gasteiger partial charge in [-0.1, -0.05) is 6.92 Å². The summed E-state index contributed by atoms with van der Waals surface area (Å²) in [5.74, 6) is 0.273. The van der Waals surface area contributed by atoms with Crippen LogP contribution >= 0.6 is 11.3 Å². The third kappa shape index (κ3) is 1.51. The Kier molecular flexibility index (Phi) is 2.48. The molecule has 74 valence electrons. The van der Waals surface area contributed by atoms with Crippen LogP contribution in [0.2, 0.25) is 0 Å². The summed E-state index contributed by atoms with van der Waals surface area (Å²) >= 11 is 1.64. The van der Waals surface area contributed by atoms with Gasteiger partial charge in [0.2, 0.25) is 0 Å². The van der Waals surface area contributed by atoms with Crippen LogP contribution in [-0.4, -0.2) is 16.0 Å². The summed E-state index contributed by atoms with van der Waals surface area (Å²) < 4.78 is 0. The minimum Gasteiger partial charge on any atom is -0.327 e. The molecule has 3 nitrogen and oxygen atoms in total. The summed E-state index contributed by atoms with van der Waals surface area (Å²) in [7, 11) is 0. The molecule has 2 rings (SSSR count). The van der Waals surface area contributed by atoms with Crippen molar-refractivity contribution >= 4 is 21.6 Å². The van der Waals surface area contributed by atoms with Crippen LogP contribution in [0.1, 0.15) is 25.5 Å². The number of fused-ring (bicyclic) bond motifs is 1. The van der Waals surface area contributed by atoms with E-state index in [2.05, 4.69) is 23.0 Å². The molecule has 0 spiro atoms. The average Bonchev–Trinajstić information content (AvgIpc) is 2.63. The van der Waals surface area contributed by atoms with Gasteiger partial charge in [-0.15, -0.1) is 11.3 Å². The Morgan fingerprint density at radius 1 is 1.36 bits per heavy atom. The molecule has 0 fully saturated rings. The van der Waals surface area contributed by atoms with Crippen LogP contribution in [0.5, 0.6) is 0 Å². The van der Waals surface area contributed by atoms with Crippen molar-refractivity contribution in [2.24, 2.45) is 5.73 Å². The summed E-state index contributed by atoms with van der Waals surface area (Å²) in [6, 6.07) is 2.18. The molecule has 14 heavy (non-hydrogen) atoms. The molecular formula is C10H13N3S. The summed E-state index contributed by atoms with van der Waals surface area (Å²) in [4.78, 5) is 9.57. The lowest BCUT2D eigenvalue weighted by Gasteiger charge is -2.15. The molecule has 0 radical (unpaired) electrons. The van der Waals surface area contributed by atoms with E-state index in [1.165, 1.54) is 0 Å². The predicted molar refractivity (Wildman–Crippen MR) is 59.5 cm³/mol. The van der Waals surface area contributed by atoms with Gasteiger partial charge in [0.25, 0.3) is 0 Å². The maximum atomic E-state index is 5.87. The smallest absolute Gasteiger partial charge is 0.126 e. The molecule has 0 bridgehead atoms. The Labute approximate surface area is 87.0 Å².